The second kappa shape index (κ2) is 5.91. The summed E-state index contributed by atoms with van der Waals surface area (Å²) in [6.45, 7) is 1.90. The third-order valence-electron chi connectivity index (χ3n) is 3.19. The molecule has 0 amide bonds. The number of hydrogen-bond acceptors (Lipinski definition) is 1. The van der Waals surface area contributed by atoms with Crippen molar-refractivity contribution in [3.05, 3.63) is 69.0 Å². The number of hydrogen-bond donors (Lipinski definition) is 1. The average molecular weight is 298 g/mol. The van der Waals surface area contributed by atoms with Gasteiger partial charge in [-0.3, -0.25) is 0 Å². The third-order valence-corrected chi connectivity index (χ3v) is 3.96. The van der Waals surface area contributed by atoms with Crippen LogP contribution in [0.15, 0.2) is 36.4 Å². The molecule has 2 N–H and O–H groups in total. The predicted octanol–water partition coefficient (Wildman–Crippen LogP) is 4.68. The normalized spacial score (nSPS) is 12.5. The highest BCUT2D eigenvalue weighted by Gasteiger charge is 2.15. The number of nitrogens with two attached hydrogens (primary N) is 1. The molecule has 2 aromatic rings. The maximum absolute atomic E-state index is 13.7. The minimum Gasteiger partial charge on any atom is -0.324 e. The van der Waals surface area contributed by atoms with Crippen LogP contribution in [-0.2, 0) is 6.42 Å². The maximum Gasteiger partial charge on any atom is 0.127 e. The molecule has 2 aromatic carbocycles. The first-order valence-electron chi connectivity index (χ1n) is 5.94. The molecular formula is C15H14Cl2FN. The fraction of sp³-hybridized carbons (Fsp3) is 0.200. The van der Waals surface area contributed by atoms with Crippen LogP contribution in [0.5, 0.6) is 0 Å². The lowest BCUT2D eigenvalue weighted by Gasteiger charge is -2.16. The Kier molecular flexibility index (Phi) is 4.46. The lowest BCUT2D eigenvalue weighted by Crippen LogP contribution is -2.15. The van der Waals surface area contributed by atoms with Crippen molar-refractivity contribution in [2.75, 3.05) is 0 Å². The summed E-state index contributed by atoms with van der Waals surface area (Å²) < 4.78 is 13.7. The summed E-state index contributed by atoms with van der Waals surface area (Å²) in [6, 6.07) is 9.85. The Bertz CT molecular complexity index is 578. The summed E-state index contributed by atoms with van der Waals surface area (Å²) in [7, 11) is 0. The van der Waals surface area contributed by atoms with Crippen molar-refractivity contribution < 1.29 is 4.39 Å². The Morgan fingerprint density at radius 2 is 1.74 bits per heavy atom. The van der Waals surface area contributed by atoms with Crippen LogP contribution in [0.2, 0.25) is 10.0 Å². The number of halogens is 3. The highest BCUT2D eigenvalue weighted by atomic mass is 35.5. The van der Waals surface area contributed by atoms with Gasteiger partial charge < -0.3 is 5.73 Å². The van der Waals surface area contributed by atoms with Gasteiger partial charge in [0.1, 0.15) is 5.82 Å². The summed E-state index contributed by atoms with van der Waals surface area (Å²) >= 11 is 12.1. The van der Waals surface area contributed by atoms with Gasteiger partial charge in [0.05, 0.1) is 0 Å². The molecule has 0 spiro atoms. The molecule has 19 heavy (non-hydrogen) atoms. The van der Waals surface area contributed by atoms with Crippen molar-refractivity contribution >= 4 is 23.2 Å². The quantitative estimate of drug-likeness (QED) is 0.874. The Morgan fingerprint density at radius 1 is 1.11 bits per heavy atom. The summed E-state index contributed by atoms with van der Waals surface area (Å²) in [5.74, 6) is -0.331. The van der Waals surface area contributed by atoms with E-state index in [0.29, 0.717) is 22.0 Å². The molecule has 4 heteroatoms. The molecule has 0 bridgehead atoms. The van der Waals surface area contributed by atoms with Crippen molar-refractivity contribution in [2.45, 2.75) is 19.4 Å². The molecule has 1 unspecified atom stereocenters. The first kappa shape index (κ1) is 14.3. The maximum atomic E-state index is 13.7. The second-order valence-electron chi connectivity index (χ2n) is 4.46. The number of benzene rings is 2. The van der Waals surface area contributed by atoms with Gasteiger partial charge in [-0.1, -0.05) is 41.4 Å². The molecular weight excluding hydrogens is 284 g/mol. The Hall–Kier alpha value is -1.09. The van der Waals surface area contributed by atoms with E-state index in [1.54, 1.807) is 12.1 Å². The van der Waals surface area contributed by atoms with Crippen LogP contribution in [0.25, 0.3) is 0 Å². The van der Waals surface area contributed by atoms with Gasteiger partial charge in [-0.05, 0) is 42.7 Å². The first-order valence-corrected chi connectivity index (χ1v) is 6.69. The number of rotatable bonds is 3. The molecule has 0 saturated carbocycles. The third kappa shape index (κ3) is 3.08. The van der Waals surface area contributed by atoms with Gasteiger partial charge in [-0.25, -0.2) is 4.39 Å². The van der Waals surface area contributed by atoms with Gasteiger partial charge in [0.15, 0.2) is 0 Å². The SMILES string of the molecule is Cc1c(Cl)cccc1C(N)Cc1c(F)cccc1Cl. The van der Waals surface area contributed by atoms with E-state index in [1.165, 1.54) is 6.07 Å². The van der Waals surface area contributed by atoms with Crippen LogP contribution in [0.1, 0.15) is 22.7 Å². The lowest BCUT2D eigenvalue weighted by atomic mass is 9.96. The molecule has 0 aliphatic carbocycles. The van der Waals surface area contributed by atoms with Gasteiger partial charge in [0.25, 0.3) is 0 Å². The molecule has 100 valence electrons. The van der Waals surface area contributed by atoms with Crippen LogP contribution in [0.3, 0.4) is 0 Å². The lowest BCUT2D eigenvalue weighted by molar-refractivity contribution is 0.593. The topological polar surface area (TPSA) is 26.0 Å². The van der Waals surface area contributed by atoms with Crippen LogP contribution in [-0.4, -0.2) is 0 Å². The van der Waals surface area contributed by atoms with Crippen molar-refractivity contribution in [1.82, 2.24) is 0 Å². The highest BCUT2D eigenvalue weighted by Crippen LogP contribution is 2.28. The van der Waals surface area contributed by atoms with E-state index < -0.39 is 0 Å². The molecule has 0 aliphatic rings. The van der Waals surface area contributed by atoms with E-state index in [9.17, 15) is 4.39 Å². The van der Waals surface area contributed by atoms with E-state index >= 15 is 0 Å². The van der Waals surface area contributed by atoms with Crippen LogP contribution in [0.4, 0.5) is 4.39 Å². The smallest absolute Gasteiger partial charge is 0.127 e. The zero-order valence-corrected chi connectivity index (χ0v) is 12.0. The standard InChI is InChI=1S/C15H14Cl2FN/c1-9-10(4-2-5-12(9)16)15(19)8-11-13(17)6-3-7-14(11)18/h2-7,15H,8,19H2,1H3. The second-order valence-corrected chi connectivity index (χ2v) is 5.28. The van der Waals surface area contributed by atoms with Crippen molar-refractivity contribution in [3.63, 3.8) is 0 Å². The largest absolute Gasteiger partial charge is 0.324 e. The Morgan fingerprint density at radius 3 is 2.42 bits per heavy atom. The highest BCUT2D eigenvalue weighted by molar-refractivity contribution is 6.31. The van der Waals surface area contributed by atoms with Gasteiger partial charge in [0, 0.05) is 21.7 Å². The Labute approximate surface area is 122 Å². The van der Waals surface area contributed by atoms with Crippen molar-refractivity contribution in [3.8, 4) is 0 Å². The van der Waals surface area contributed by atoms with Crippen LogP contribution < -0.4 is 5.73 Å². The van der Waals surface area contributed by atoms with E-state index in [0.717, 1.165) is 11.1 Å². The fourth-order valence-electron chi connectivity index (χ4n) is 2.08. The van der Waals surface area contributed by atoms with E-state index in [2.05, 4.69) is 0 Å². The van der Waals surface area contributed by atoms with E-state index in [-0.39, 0.29) is 11.9 Å². The van der Waals surface area contributed by atoms with Crippen LogP contribution in [0, 0.1) is 12.7 Å². The molecule has 0 aromatic heterocycles. The molecule has 2 rings (SSSR count). The average Bonchev–Trinajstić information content (AvgIpc) is 2.37. The molecule has 1 nitrogen and oxygen atoms in total. The van der Waals surface area contributed by atoms with Crippen LogP contribution >= 0.6 is 23.2 Å². The van der Waals surface area contributed by atoms with Gasteiger partial charge in [-0.15, -0.1) is 0 Å². The van der Waals surface area contributed by atoms with Crippen molar-refractivity contribution in [2.24, 2.45) is 5.73 Å². The zero-order chi connectivity index (χ0) is 14.0. The summed E-state index contributed by atoms with van der Waals surface area (Å²) in [5.41, 5.74) is 8.42. The van der Waals surface area contributed by atoms with Gasteiger partial charge >= 0.3 is 0 Å². The zero-order valence-electron chi connectivity index (χ0n) is 10.5. The monoisotopic (exact) mass is 297 g/mol. The minimum atomic E-state index is -0.340. The van der Waals surface area contributed by atoms with Gasteiger partial charge in [0.2, 0.25) is 0 Å². The molecule has 0 aliphatic heterocycles. The molecule has 0 heterocycles. The van der Waals surface area contributed by atoms with Gasteiger partial charge in [-0.2, -0.15) is 0 Å². The first-order chi connectivity index (χ1) is 9.00. The molecule has 1 atom stereocenters. The molecule has 0 fully saturated rings. The van der Waals surface area contributed by atoms with E-state index in [4.69, 9.17) is 28.9 Å². The fourth-order valence-corrected chi connectivity index (χ4v) is 2.51. The summed E-state index contributed by atoms with van der Waals surface area (Å²) in [4.78, 5) is 0. The minimum absolute atomic E-state index is 0.331. The summed E-state index contributed by atoms with van der Waals surface area (Å²) in [6.07, 6.45) is 0.340. The molecule has 0 saturated heterocycles. The Balaban J connectivity index is 2.31. The predicted molar refractivity (Wildman–Crippen MR) is 78.2 cm³/mol. The van der Waals surface area contributed by atoms with E-state index in [1.807, 2.05) is 25.1 Å². The molecule has 0 radical (unpaired) electrons. The summed E-state index contributed by atoms with van der Waals surface area (Å²) in [5, 5.41) is 1.06. The van der Waals surface area contributed by atoms with Crippen molar-refractivity contribution in [1.29, 1.82) is 0 Å².